The smallest absolute Gasteiger partial charge is 0.366 e. The Morgan fingerprint density at radius 1 is 1.00 bits per heavy atom. The van der Waals surface area contributed by atoms with Crippen molar-refractivity contribution in [2.24, 2.45) is 0 Å². The molecule has 4 heterocycles. The summed E-state index contributed by atoms with van der Waals surface area (Å²) in [6, 6.07) is 16.0. The van der Waals surface area contributed by atoms with Gasteiger partial charge in [0.05, 0.1) is 29.5 Å². The first kappa shape index (κ1) is 27.1. The molecule has 0 saturated carbocycles. The van der Waals surface area contributed by atoms with Gasteiger partial charge in [-0.3, -0.25) is 14.6 Å². The van der Waals surface area contributed by atoms with E-state index < -0.39 is 11.7 Å². The molecule has 2 atom stereocenters. The number of pyridine rings is 1. The van der Waals surface area contributed by atoms with Gasteiger partial charge in [0, 0.05) is 37.9 Å². The second-order valence-electron chi connectivity index (χ2n) is 10.8. The second kappa shape index (κ2) is 10.7. The normalized spacial score (nSPS) is 20.2. The summed E-state index contributed by atoms with van der Waals surface area (Å²) in [4.78, 5) is 36.2. The standard InChI is InChI=1S/C30H31F3N6O2/c1-34-27(40)18-37-12-10-21(16-37)19-4-3-7-23(15-19)35-29(41)39-24-11-13-38(17-24)26-9-8-25(36-28(26)39)20-5-2-6-22(14-20)30(31,32)33/h2-9,14-15,21,24H,10-13,16-18H2,1H3,(H,34,40)(H,35,41)/t21?,24-/m0/s1. The minimum atomic E-state index is -4.46. The molecule has 1 aromatic heterocycles. The number of rotatable bonds is 5. The molecule has 6 rings (SSSR count). The minimum Gasteiger partial charge on any atom is -0.366 e. The third-order valence-corrected chi connectivity index (χ3v) is 8.18. The minimum absolute atomic E-state index is 0.0104. The van der Waals surface area contributed by atoms with Gasteiger partial charge in [0.2, 0.25) is 5.91 Å². The van der Waals surface area contributed by atoms with Crippen LogP contribution in [0.1, 0.15) is 29.9 Å². The average molecular weight is 565 g/mol. The second-order valence-corrected chi connectivity index (χ2v) is 10.8. The summed E-state index contributed by atoms with van der Waals surface area (Å²) >= 11 is 0. The molecule has 214 valence electrons. The van der Waals surface area contributed by atoms with Crippen LogP contribution in [-0.4, -0.2) is 67.6 Å². The van der Waals surface area contributed by atoms with E-state index in [0.29, 0.717) is 35.9 Å². The Morgan fingerprint density at radius 3 is 2.63 bits per heavy atom. The Hall–Kier alpha value is -4.12. The zero-order chi connectivity index (χ0) is 28.7. The molecule has 3 aliphatic rings. The zero-order valence-electron chi connectivity index (χ0n) is 22.6. The lowest BCUT2D eigenvalue weighted by Crippen LogP contribution is -2.48. The summed E-state index contributed by atoms with van der Waals surface area (Å²) in [6.07, 6.45) is -2.77. The van der Waals surface area contributed by atoms with E-state index in [9.17, 15) is 22.8 Å². The van der Waals surface area contributed by atoms with Gasteiger partial charge in [0.15, 0.2) is 5.82 Å². The van der Waals surface area contributed by atoms with E-state index in [2.05, 4.69) is 20.4 Å². The zero-order valence-corrected chi connectivity index (χ0v) is 22.6. The Bertz CT molecular complexity index is 1480. The summed E-state index contributed by atoms with van der Waals surface area (Å²) in [7, 11) is 1.63. The van der Waals surface area contributed by atoms with Gasteiger partial charge >= 0.3 is 12.2 Å². The Kier molecular flexibility index (Phi) is 7.06. The quantitative estimate of drug-likeness (QED) is 0.459. The highest BCUT2D eigenvalue weighted by atomic mass is 19.4. The van der Waals surface area contributed by atoms with Crippen LogP contribution in [0.4, 0.5) is 35.2 Å². The van der Waals surface area contributed by atoms with E-state index in [1.165, 1.54) is 6.07 Å². The fourth-order valence-corrected chi connectivity index (χ4v) is 6.07. The van der Waals surface area contributed by atoms with Crippen LogP contribution < -0.4 is 20.4 Å². The first-order valence-corrected chi connectivity index (χ1v) is 13.8. The number of carbonyl (C=O) groups excluding carboxylic acids is 2. The lowest BCUT2D eigenvalue weighted by atomic mass is 9.98. The molecule has 2 N–H and O–H groups in total. The van der Waals surface area contributed by atoms with E-state index in [0.717, 1.165) is 55.9 Å². The molecule has 1 unspecified atom stereocenters. The number of aromatic nitrogens is 1. The highest BCUT2D eigenvalue weighted by molar-refractivity contribution is 6.04. The lowest BCUT2D eigenvalue weighted by Gasteiger charge is -2.36. The Morgan fingerprint density at radius 2 is 1.83 bits per heavy atom. The van der Waals surface area contributed by atoms with Gasteiger partial charge in [0.25, 0.3) is 0 Å². The molecule has 2 fully saturated rings. The number of carbonyl (C=O) groups is 2. The highest BCUT2D eigenvalue weighted by Gasteiger charge is 2.40. The van der Waals surface area contributed by atoms with Crippen molar-refractivity contribution in [2.45, 2.75) is 31.0 Å². The number of hydrogen-bond donors (Lipinski definition) is 2. The Balaban J connectivity index is 1.24. The third-order valence-electron chi connectivity index (χ3n) is 8.18. The van der Waals surface area contributed by atoms with Crippen molar-refractivity contribution in [3.8, 4) is 11.3 Å². The summed E-state index contributed by atoms with van der Waals surface area (Å²) in [5.74, 6) is 0.694. The number of halogens is 3. The summed E-state index contributed by atoms with van der Waals surface area (Å²) in [5.41, 5.74) is 2.52. The average Bonchev–Trinajstić information content (AvgIpc) is 3.60. The number of fused-ring (bicyclic) bond motifs is 4. The third kappa shape index (κ3) is 5.46. The van der Waals surface area contributed by atoms with Gasteiger partial charge in [-0.25, -0.2) is 9.78 Å². The number of alkyl halides is 3. The molecule has 0 spiro atoms. The molecule has 8 nitrogen and oxygen atoms in total. The number of anilines is 3. The molecule has 3 aliphatic heterocycles. The molecule has 41 heavy (non-hydrogen) atoms. The highest BCUT2D eigenvalue weighted by Crippen LogP contribution is 2.41. The van der Waals surface area contributed by atoms with Gasteiger partial charge in [-0.05, 0) is 67.3 Å². The molecule has 2 bridgehead atoms. The molecule has 11 heteroatoms. The number of hydrogen-bond acceptors (Lipinski definition) is 5. The maximum Gasteiger partial charge on any atom is 0.416 e. The first-order chi connectivity index (χ1) is 19.7. The molecule has 3 amide bonds. The van der Waals surface area contributed by atoms with Gasteiger partial charge in [0.1, 0.15) is 0 Å². The number of likely N-dealkylation sites (tertiary alicyclic amines) is 1. The molecule has 2 aromatic carbocycles. The van der Waals surface area contributed by atoms with Crippen LogP contribution >= 0.6 is 0 Å². The van der Waals surface area contributed by atoms with E-state index in [1.807, 2.05) is 30.3 Å². The summed E-state index contributed by atoms with van der Waals surface area (Å²) in [5, 5.41) is 5.70. The number of likely N-dealkylation sites (N-methyl/N-ethyl adjacent to an activating group) is 1. The van der Waals surface area contributed by atoms with Crippen LogP contribution in [0.25, 0.3) is 11.3 Å². The predicted molar refractivity (Wildman–Crippen MR) is 151 cm³/mol. The van der Waals surface area contributed by atoms with Crippen LogP contribution in [0.3, 0.4) is 0 Å². The maximum absolute atomic E-state index is 13.7. The number of urea groups is 1. The van der Waals surface area contributed by atoms with E-state index >= 15 is 0 Å². The number of nitrogens with zero attached hydrogens (tertiary/aromatic N) is 4. The number of nitrogens with one attached hydrogen (secondary N) is 2. The fourth-order valence-electron chi connectivity index (χ4n) is 6.07. The van der Waals surface area contributed by atoms with Crippen LogP contribution in [-0.2, 0) is 11.0 Å². The van der Waals surface area contributed by atoms with Gasteiger partial charge in [-0.2, -0.15) is 13.2 Å². The number of amides is 3. The van der Waals surface area contributed by atoms with Crippen LogP contribution in [0.5, 0.6) is 0 Å². The largest absolute Gasteiger partial charge is 0.416 e. The van der Waals surface area contributed by atoms with Crippen molar-refractivity contribution in [1.82, 2.24) is 15.2 Å². The molecular weight excluding hydrogens is 533 g/mol. The van der Waals surface area contributed by atoms with Gasteiger partial charge in [-0.1, -0.05) is 24.3 Å². The Labute approximate surface area is 236 Å². The van der Waals surface area contributed by atoms with Crippen molar-refractivity contribution in [2.75, 3.05) is 54.9 Å². The first-order valence-electron chi connectivity index (χ1n) is 13.8. The van der Waals surface area contributed by atoms with Crippen molar-refractivity contribution in [3.63, 3.8) is 0 Å². The van der Waals surface area contributed by atoms with Crippen LogP contribution in [0.15, 0.2) is 60.7 Å². The molecular formula is C30H31F3N6O2. The molecule has 0 radical (unpaired) electrons. The van der Waals surface area contributed by atoms with Crippen molar-refractivity contribution in [3.05, 3.63) is 71.8 Å². The molecule has 0 aliphatic carbocycles. The van der Waals surface area contributed by atoms with Crippen molar-refractivity contribution >= 4 is 29.1 Å². The van der Waals surface area contributed by atoms with Gasteiger partial charge in [-0.15, -0.1) is 0 Å². The van der Waals surface area contributed by atoms with E-state index in [4.69, 9.17) is 4.98 Å². The monoisotopic (exact) mass is 564 g/mol. The lowest BCUT2D eigenvalue weighted by molar-refractivity contribution is -0.137. The topological polar surface area (TPSA) is 80.8 Å². The SMILES string of the molecule is CNC(=O)CN1CCC(c2cccc(NC(=O)N3c4nc(-c5cccc(C(F)(F)F)c5)ccc4N4CC[C@H]3C4)c2)C1. The van der Waals surface area contributed by atoms with Crippen LogP contribution in [0.2, 0.25) is 0 Å². The molecule has 2 saturated heterocycles. The van der Waals surface area contributed by atoms with Crippen molar-refractivity contribution in [1.29, 1.82) is 0 Å². The summed E-state index contributed by atoms with van der Waals surface area (Å²) < 4.78 is 40.0. The predicted octanol–water partition coefficient (Wildman–Crippen LogP) is 4.93. The van der Waals surface area contributed by atoms with Crippen LogP contribution in [0, 0.1) is 0 Å². The van der Waals surface area contributed by atoms with Crippen molar-refractivity contribution < 1.29 is 22.8 Å². The molecule has 3 aromatic rings. The van der Waals surface area contributed by atoms with E-state index in [-0.39, 0.29) is 23.9 Å². The van der Waals surface area contributed by atoms with E-state index in [1.54, 1.807) is 24.1 Å². The van der Waals surface area contributed by atoms with Gasteiger partial charge < -0.3 is 15.5 Å². The summed E-state index contributed by atoms with van der Waals surface area (Å²) in [6.45, 7) is 3.41. The maximum atomic E-state index is 13.7. The number of benzene rings is 2. The fraction of sp³-hybridized carbons (Fsp3) is 0.367.